The first kappa shape index (κ1) is 83.5. The average molecular weight is 1340 g/mol. The zero-order chi connectivity index (χ0) is 68.2. The minimum absolute atomic E-state index is 0.126. The largest absolute Gasteiger partial charge is 0.394 e. The highest BCUT2D eigenvalue weighted by Gasteiger charge is 2.53. The van der Waals surface area contributed by atoms with Gasteiger partial charge in [-0.05, 0) is 19.8 Å². The number of carbonyl (C=O) groups is 2. The van der Waals surface area contributed by atoms with Crippen molar-refractivity contribution in [2.75, 3.05) is 26.4 Å². The summed E-state index contributed by atoms with van der Waals surface area (Å²) in [4.78, 5) is 26.0. The van der Waals surface area contributed by atoms with Gasteiger partial charge in [0.05, 0.1) is 44.7 Å². The van der Waals surface area contributed by atoms with Crippen molar-refractivity contribution in [3.8, 4) is 0 Å². The standard InChI is InChI=1S/C67H126N2O24/c1-5-7-9-11-13-15-17-19-20-21-22-23-25-27-29-31-33-35-37-46(74)63(85)69-44(51(75)45(73)36-34-32-30-28-26-24-18-16-14-12-10-8-6-2)39-86-67-62(57(81)52(76)47(38-70)89-67)93-66-59(83)56(80)54(78)49(91-66)40-87-64-50(68-43(4)72)55(79)53(77)48(90-64)41-88-65-60(84)58(82)61(92-65)42(3)71/h42,44-62,64-67,70-71,73-84H,5-41H2,1-4H3,(H,68,72)(H,69,85). The maximum Gasteiger partial charge on any atom is 0.249 e. The molecule has 0 spiro atoms. The molecular formula is C67H126N2O24. The van der Waals surface area contributed by atoms with Gasteiger partial charge < -0.3 is 120 Å². The lowest BCUT2D eigenvalue weighted by Crippen LogP contribution is -2.66. The molecule has 0 aromatic rings. The molecule has 24 atom stereocenters. The first-order valence-electron chi connectivity index (χ1n) is 35.8. The summed E-state index contributed by atoms with van der Waals surface area (Å²) in [7, 11) is 0. The van der Waals surface area contributed by atoms with Gasteiger partial charge >= 0.3 is 0 Å². The Bertz CT molecular complexity index is 1920. The van der Waals surface area contributed by atoms with Crippen LogP contribution in [0.2, 0.25) is 0 Å². The van der Waals surface area contributed by atoms with Crippen molar-refractivity contribution in [1.82, 2.24) is 10.6 Å². The first-order valence-corrected chi connectivity index (χ1v) is 35.8. The maximum atomic E-state index is 13.7. The summed E-state index contributed by atoms with van der Waals surface area (Å²) >= 11 is 0. The van der Waals surface area contributed by atoms with E-state index in [9.17, 15) is 81.1 Å². The van der Waals surface area contributed by atoms with E-state index in [-0.39, 0.29) is 12.8 Å². The fourth-order valence-corrected chi connectivity index (χ4v) is 12.7. The number of ether oxygens (including phenoxy) is 8. The minimum atomic E-state index is -2.09. The smallest absolute Gasteiger partial charge is 0.249 e. The third kappa shape index (κ3) is 29.4. The third-order valence-corrected chi connectivity index (χ3v) is 18.7. The Kier molecular flexibility index (Phi) is 42.3. The maximum absolute atomic E-state index is 13.7. The van der Waals surface area contributed by atoms with Gasteiger partial charge in [-0.15, -0.1) is 0 Å². The van der Waals surface area contributed by atoms with Crippen LogP contribution in [-0.4, -0.2) is 257 Å². The van der Waals surface area contributed by atoms with E-state index < -0.39 is 185 Å². The molecule has 4 fully saturated rings. The van der Waals surface area contributed by atoms with Gasteiger partial charge in [0.25, 0.3) is 0 Å². The van der Waals surface area contributed by atoms with E-state index in [1.807, 2.05) is 0 Å². The molecule has 0 aromatic carbocycles. The van der Waals surface area contributed by atoms with Crippen LogP contribution in [0.1, 0.15) is 240 Å². The van der Waals surface area contributed by atoms with Crippen molar-refractivity contribution < 1.29 is 119 Å². The van der Waals surface area contributed by atoms with E-state index in [1.165, 1.54) is 135 Å². The van der Waals surface area contributed by atoms with Crippen LogP contribution < -0.4 is 10.6 Å². The van der Waals surface area contributed by atoms with E-state index in [4.69, 9.17) is 37.9 Å². The summed E-state index contributed by atoms with van der Waals surface area (Å²) in [6, 6.07) is -2.92. The summed E-state index contributed by atoms with van der Waals surface area (Å²) in [5.41, 5.74) is 0. The van der Waals surface area contributed by atoms with E-state index >= 15 is 0 Å². The zero-order valence-electron chi connectivity index (χ0n) is 56.4. The lowest BCUT2D eigenvalue weighted by atomic mass is 9.96. The van der Waals surface area contributed by atoms with Crippen LogP contribution in [0.15, 0.2) is 0 Å². The summed E-state index contributed by atoms with van der Waals surface area (Å²) < 4.78 is 46.7. The molecule has 0 aromatic heterocycles. The number of carbonyl (C=O) groups excluding carboxylic acids is 2. The molecular weight excluding hydrogens is 1220 g/mol. The number of aliphatic hydroxyl groups is 14. The van der Waals surface area contributed by atoms with E-state index in [2.05, 4.69) is 24.5 Å². The number of aliphatic hydroxyl groups excluding tert-OH is 14. The topological polar surface area (TPSA) is 415 Å². The molecule has 4 heterocycles. The van der Waals surface area contributed by atoms with Crippen LogP contribution >= 0.6 is 0 Å². The Balaban J connectivity index is 1.38. The molecule has 2 amide bonds. The van der Waals surface area contributed by atoms with Gasteiger partial charge in [0.1, 0.15) is 104 Å². The van der Waals surface area contributed by atoms with Gasteiger partial charge in [-0.2, -0.15) is 0 Å². The highest BCUT2D eigenvalue weighted by atomic mass is 16.8. The molecule has 0 aliphatic carbocycles. The Labute approximate surface area is 552 Å². The van der Waals surface area contributed by atoms with Crippen molar-refractivity contribution in [3.05, 3.63) is 0 Å². The molecule has 4 aliphatic heterocycles. The van der Waals surface area contributed by atoms with Crippen molar-refractivity contribution in [2.24, 2.45) is 0 Å². The minimum Gasteiger partial charge on any atom is -0.394 e. The van der Waals surface area contributed by atoms with Gasteiger partial charge in [0.15, 0.2) is 25.2 Å². The number of unbranched alkanes of at least 4 members (excludes halogenated alkanes) is 29. The fraction of sp³-hybridized carbons (Fsp3) is 0.970. The first-order chi connectivity index (χ1) is 44.7. The van der Waals surface area contributed by atoms with E-state index in [0.29, 0.717) is 12.8 Å². The SMILES string of the molecule is CCCCCCCCCCCCCCCCCCCCC(O)C(=O)NC(COC1OC(CO)C(O)C(O)C1OC1OC(COC2OC(COC3OC(C(C)O)C(O)C3O)C(O)C(O)C2NC(C)=O)C(O)C(O)C1O)C(O)C(O)CCCCCCCCCCCCCCC. The molecule has 93 heavy (non-hydrogen) atoms. The third-order valence-electron chi connectivity index (χ3n) is 18.7. The second kappa shape index (κ2) is 47.2. The summed E-state index contributed by atoms with van der Waals surface area (Å²) in [5, 5.41) is 159. The van der Waals surface area contributed by atoms with Crippen molar-refractivity contribution in [3.63, 3.8) is 0 Å². The second-order valence-corrected chi connectivity index (χ2v) is 26.8. The zero-order valence-corrected chi connectivity index (χ0v) is 56.4. The lowest BCUT2D eigenvalue weighted by Gasteiger charge is -2.47. The van der Waals surface area contributed by atoms with E-state index in [1.54, 1.807) is 0 Å². The normalized spacial score (nSPS) is 32.5. The number of amides is 2. The van der Waals surface area contributed by atoms with Crippen LogP contribution in [0, 0.1) is 0 Å². The Hall–Kier alpha value is -1.94. The molecule has 26 heteroatoms. The summed E-state index contributed by atoms with van der Waals surface area (Å²) in [5.74, 6) is -1.53. The fourth-order valence-electron chi connectivity index (χ4n) is 12.7. The Morgan fingerprint density at radius 2 is 0.849 bits per heavy atom. The number of hydrogen-bond acceptors (Lipinski definition) is 24. The molecule has 4 saturated heterocycles. The molecule has 26 nitrogen and oxygen atoms in total. The Morgan fingerprint density at radius 3 is 1.30 bits per heavy atom. The molecule has 16 N–H and O–H groups in total. The van der Waals surface area contributed by atoms with Gasteiger partial charge in [0.2, 0.25) is 11.8 Å². The highest BCUT2D eigenvalue weighted by molar-refractivity contribution is 5.80. The predicted molar refractivity (Wildman–Crippen MR) is 341 cm³/mol. The summed E-state index contributed by atoms with van der Waals surface area (Å²) in [6.45, 7) is 3.99. The molecule has 4 aliphatic rings. The summed E-state index contributed by atoms with van der Waals surface area (Å²) in [6.07, 6.45) is -1.21. The van der Waals surface area contributed by atoms with Crippen molar-refractivity contribution >= 4 is 11.8 Å². The second-order valence-electron chi connectivity index (χ2n) is 26.8. The molecule has 24 unspecified atom stereocenters. The average Bonchev–Trinajstić information content (AvgIpc) is 1.19. The molecule has 0 bridgehead atoms. The lowest BCUT2D eigenvalue weighted by molar-refractivity contribution is -0.371. The quantitative estimate of drug-likeness (QED) is 0.0389. The van der Waals surface area contributed by atoms with Crippen LogP contribution in [-0.2, 0) is 47.5 Å². The van der Waals surface area contributed by atoms with Gasteiger partial charge in [-0.3, -0.25) is 9.59 Å². The van der Waals surface area contributed by atoms with Crippen LogP contribution in [0.3, 0.4) is 0 Å². The number of nitrogens with one attached hydrogen (secondary N) is 2. The molecule has 4 rings (SSSR count). The van der Waals surface area contributed by atoms with Crippen molar-refractivity contribution in [2.45, 2.75) is 387 Å². The van der Waals surface area contributed by atoms with E-state index in [0.717, 1.165) is 64.7 Å². The highest BCUT2D eigenvalue weighted by Crippen LogP contribution is 2.33. The number of hydrogen-bond donors (Lipinski definition) is 16. The van der Waals surface area contributed by atoms with Crippen LogP contribution in [0.5, 0.6) is 0 Å². The van der Waals surface area contributed by atoms with Gasteiger partial charge in [0, 0.05) is 6.92 Å². The molecule has 548 valence electrons. The van der Waals surface area contributed by atoms with Crippen molar-refractivity contribution in [1.29, 1.82) is 0 Å². The van der Waals surface area contributed by atoms with Gasteiger partial charge in [-0.1, -0.05) is 213 Å². The number of rotatable bonds is 51. The molecule has 0 radical (unpaired) electrons. The predicted octanol–water partition coefficient (Wildman–Crippen LogP) is 2.93. The van der Waals surface area contributed by atoms with Crippen LogP contribution in [0.25, 0.3) is 0 Å². The van der Waals surface area contributed by atoms with Gasteiger partial charge in [-0.25, -0.2) is 0 Å². The molecule has 0 saturated carbocycles. The van der Waals surface area contributed by atoms with Crippen LogP contribution in [0.4, 0.5) is 0 Å². The monoisotopic (exact) mass is 1340 g/mol. The Morgan fingerprint density at radius 1 is 0.441 bits per heavy atom.